The Balaban J connectivity index is 1.75. The van der Waals surface area contributed by atoms with Crippen LogP contribution in [0.5, 0.6) is 0 Å². The summed E-state index contributed by atoms with van der Waals surface area (Å²) in [6.07, 6.45) is 2.81. The third kappa shape index (κ3) is 1.71. The maximum atomic E-state index is 5.13. The Labute approximate surface area is 151 Å². The lowest BCUT2D eigenvalue weighted by molar-refractivity contribution is 1.22. The zero-order valence-corrected chi connectivity index (χ0v) is 14.5. The molecular weight excluding hydrogens is 316 g/mol. The molecule has 0 amide bonds. The molecule has 2 heteroatoms. The highest BCUT2D eigenvalue weighted by Crippen LogP contribution is 2.43. The van der Waals surface area contributed by atoms with Crippen molar-refractivity contribution in [3.63, 3.8) is 0 Å². The number of aromatic nitrogens is 2. The van der Waals surface area contributed by atoms with Crippen LogP contribution in [-0.4, -0.2) is 9.97 Å². The van der Waals surface area contributed by atoms with Crippen molar-refractivity contribution >= 4 is 32.6 Å². The lowest BCUT2D eigenvalue weighted by atomic mass is 9.99. The van der Waals surface area contributed by atoms with Gasteiger partial charge in [0.2, 0.25) is 0 Å². The number of nitrogens with zero attached hydrogens (tertiary/aromatic N) is 2. The third-order valence-electron chi connectivity index (χ3n) is 5.76. The highest BCUT2D eigenvalue weighted by molar-refractivity contribution is 6.06. The lowest BCUT2D eigenvalue weighted by Gasteiger charge is -2.10. The van der Waals surface area contributed by atoms with Crippen LogP contribution in [0, 0.1) is 6.92 Å². The lowest BCUT2D eigenvalue weighted by Crippen LogP contribution is -1.94. The molecule has 0 saturated heterocycles. The van der Waals surface area contributed by atoms with Crippen molar-refractivity contribution in [2.45, 2.75) is 13.3 Å². The van der Waals surface area contributed by atoms with Gasteiger partial charge in [-0.15, -0.1) is 0 Å². The van der Waals surface area contributed by atoms with Crippen molar-refractivity contribution < 1.29 is 0 Å². The Bertz CT molecular complexity index is 1370. The van der Waals surface area contributed by atoms with Crippen molar-refractivity contribution in [2.75, 3.05) is 0 Å². The summed E-state index contributed by atoms with van der Waals surface area (Å²) in [5, 5.41) is 5.00. The smallest absolute Gasteiger partial charge is 0.0974 e. The monoisotopic (exact) mass is 332 g/mol. The number of hydrogen-bond donors (Lipinski definition) is 0. The first-order valence-electron chi connectivity index (χ1n) is 8.99. The molecule has 1 aliphatic rings. The molecule has 1 aliphatic carbocycles. The van der Waals surface area contributed by atoms with Crippen LogP contribution in [-0.2, 0) is 6.42 Å². The number of pyridine rings is 2. The fourth-order valence-electron chi connectivity index (χ4n) is 4.43. The largest absolute Gasteiger partial charge is 0.254 e. The minimum Gasteiger partial charge on any atom is -0.254 e. The molecule has 0 saturated carbocycles. The van der Waals surface area contributed by atoms with Gasteiger partial charge in [-0.1, -0.05) is 54.6 Å². The molecule has 0 N–H and O–H groups in total. The zero-order valence-electron chi connectivity index (χ0n) is 14.5. The van der Waals surface area contributed by atoms with Gasteiger partial charge < -0.3 is 0 Å². The van der Waals surface area contributed by atoms with E-state index in [9.17, 15) is 0 Å². The fraction of sp³-hybridized carbons (Fsp3) is 0.0833. The maximum absolute atomic E-state index is 5.13. The second-order valence-electron chi connectivity index (χ2n) is 7.09. The average Bonchev–Trinajstić information content (AvgIpc) is 3.07. The number of rotatable bonds is 0. The highest BCUT2D eigenvalue weighted by Gasteiger charge is 2.25. The van der Waals surface area contributed by atoms with E-state index in [-0.39, 0.29) is 0 Å². The van der Waals surface area contributed by atoms with Gasteiger partial charge in [0.25, 0.3) is 0 Å². The molecule has 2 nitrogen and oxygen atoms in total. The van der Waals surface area contributed by atoms with Crippen molar-refractivity contribution in [1.82, 2.24) is 9.97 Å². The van der Waals surface area contributed by atoms with Crippen molar-refractivity contribution in [1.29, 1.82) is 0 Å². The maximum Gasteiger partial charge on any atom is 0.0974 e. The van der Waals surface area contributed by atoms with Gasteiger partial charge in [-0.05, 0) is 40.5 Å². The summed E-state index contributed by atoms with van der Waals surface area (Å²) in [7, 11) is 0. The van der Waals surface area contributed by atoms with E-state index in [1.54, 1.807) is 0 Å². The average molecular weight is 332 g/mol. The molecule has 0 unspecified atom stereocenters. The normalized spacial score (nSPS) is 12.7. The van der Waals surface area contributed by atoms with E-state index in [4.69, 9.17) is 4.98 Å². The Morgan fingerprint density at radius 3 is 2.54 bits per heavy atom. The van der Waals surface area contributed by atoms with Crippen LogP contribution < -0.4 is 0 Å². The zero-order chi connectivity index (χ0) is 17.3. The predicted molar refractivity (Wildman–Crippen MR) is 108 cm³/mol. The summed E-state index contributed by atoms with van der Waals surface area (Å²) in [5.74, 6) is 0. The van der Waals surface area contributed by atoms with Crippen molar-refractivity contribution in [2.24, 2.45) is 0 Å². The SMILES string of the molecule is Cc1c2c(nc3c1ccc1cccnc13)-c1ccc3ccccc3c1C2. The van der Waals surface area contributed by atoms with Gasteiger partial charge in [0.05, 0.1) is 16.7 Å². The quantitative estimate of drug-likeness (QED) is 0.328. The molecule has 5 aromatic rings. The second kappa shape index (κ2) is 4.89. The Hall–Kier alpha value is -3.26. The first-order chi connectivity index (χ1) is 12.8. The summed E-state index contributed by atoms with van der Waals surface area (Å²) < 4.78 is 0. The molecule has 6 rings (SSSR count). The van der Waals surface area contributed by atoms with E-state index in [1.165, 1.54) is 38.4 Å². The van der Waals surface area contributed by atoms with Gasteiger partial charge >= 0.3 is 0 Å². The first-order valence-corrected chi connectivity index (χ1v) is 8.99. The van der Waals surface area contributed by atoms with Crippen LogP contribution in [0.1, 0.15) is 16.7 Å². The van der Waals surface area contributed by atoms with Gasteiger partial charge in [0.15, 0.2) is 0 Å². The Morgan fingerprint density at radius 2 is 1.58 bits per heavy atom. The number of aryl methyl sites for hydroxylation is 1. The van der Waals surface area contributed by atoms with Crippen molar-refractivity contribution in [3.05, 3.63) is 83.6 Å². The van der Waals surface area contributed by atoms with E-state index >= 15 is 0 Å². The summed E-state index contributed by atoms with van der Waals surface area (Å²) in [6, 6.07) is 21.5. The van der Waals surface area contributed by atoms with Gasteiger partial charge in [0, 0.05) is 29.0 Å². The molecule has 2 heterocycles. The van der Waals surface area contributed by atoms with E-state index in [2.05, 4.69) is 66.5 Å². The van der Waals surface area contributed by atoms with Crippen LogP contribution in [0.15, 0.2) is 66.9 Å². The molecule has 0 fully saturated rings. The topological polar surface area (TPSA) is 25.8 Å². The second-order valence-corrected chi connectivity index (χ2v) is 7.09. The van der Waals surface area contributed by atoms with Crippen LogP contribution in [0.25, 0.3) is 43.8 Å². The first kappa shape index (κ1) is 14.0. The molecule has 0 bridgehead atoms. The molecule has 26 heavy (non-hydrogen) atoms. The number of benzene rings is 3. The summed E-state index contributed by atoms with van der Waals surface area (Å²) >= 11 is 0. The standard InChI is InChI=1S/C24H16N2/c1-14-17-10-9-16-6-4-12-25-22(16)24(17)26-23-19-11-8-15-5-2-3-7-18(15)21(19)13-20(14)23/h2-12H,13H2,1H3. The molecule has 0 radical (unpaired) electrons. The van der Waals surface area contributed by atoms with E-state index < -0.39 is 0 Å². The minimum atomic E-state index is 0.959. The number of hydrogen-bond acceptors (Lipinski definition) is 2. The van der Waals surface area contributed by atoms with Crippen LogP contribution in [0.3, 0.4) is 0 Å². The molecule has 2 aromatic heterocycles. The van der Waals surface area contributed by atoms with Crippen LogP contribution >= 0.6 is 0 Å². The molecule has 0 spiro atoms. The third-order valence-corrected chi connectivity index (χ3v) is 5.76. The fourth-order valence-corrected chi connectivity index (χ4v) is 4.43. The predicted octanol–water partition coefficient (Wildman–Crippen LogP) is 5.82. The van der Waals surface area contributed by atoms with Gasteiger partial charge in [-0.3, -0.25) is 4.98 Å². The highest BCUT2D eigenvalue weighted by atomic mass is 14.8. The van der Waals surface area contributed by atoms with Gasteiger partial charge in [-0.2, -0.15) is 0 Å². The Kier molecular flexibility index (Phi) is 2.63. The minimum absolute atomic E-state index is 0.959. The number of fused-ring (bicyclic) bond motifs is 8. The van der Waals surface area contributed by atoms with Gasteiger partial charge in [-0.25, -0.2) is 4.98 Å². The summed E-state index contributed by atoms with van der Waals surface area (Å²) in [5.41, 5.74) is 8.51. The summed E-state index contributed by atoms with van der Waals surface area (Å²) in [4.78, 5) is 9.75. The molecular formula is C24H16N2. The van der Waals surface area contributed by atoms with E-state index in [1.807, 2.05) is 12.3 Å². The van der Waals surface area contributed by atoms with E-state index in [0.717, 1.165) is 28.5 Å². The van der Waals surface area contributed by atoms with Gasteiger partial charge in [0.1, 0.15) is 0 Å². The van der Waals surface area contributed by atoms with Crippen LogP contribution in [0.4, 0.5) is 0 Å². The van der Waals surface area contributed by atoms with Crippen molar-refractivity contribution in [3.8, 4) is 11.3 Å². The van der Waals surface area contributed by atoms with Crippen LogP contribution in [0.2, 0.25) is 0 Å². The summed E-state index contributed by atoms with van der Waals surface area (Å²) in [6.45, 7) is 2.23. The molecule has 0 atom stereocenters. The van der Waals surface area contributed by atoms with E-state index in [0.29, 0.717) is 0 Å². The molecule has 3 aromatic carbocycles. The Morgan fingerprint density at radius 1 is 0.731 bits per heavy atom. The molecule has 0 aliphatic heterocycles. The molecule has 122 valence electrons.